The van der Waals surface area contributed by atoms with Crippen molar-refractivity contribution in [2.75, 3.05) is 19.4 Å². The average Bonchev–Trinajstić information content (AvgIpc) is 2.36. The minimum absolute atomic E-state index is 0.0844. The van der Waals surface area contributed by atoms with Crippen molar-refractivity contribution >= 4 is 17.3 Å². The fourth-order valence-corrected chi connectivity index (χ4v) is 1.32. The number of carbonyl (C=O) groups is 1. The molecule has 104 valence electrons. The summed E-state index contributed by atoms with van der Waals surface area (Å²) in [4.78, 5) is 22.0. The second kappa shape index (κ2) is 5.66. The van der Waals surface area contributed by atoms with Gasteiger partial charge in [0.25, 0.3) is 11.6 Å². The van der Waals surface area contributed by atoms with Gasteiger partial charge >= 0.3 is 0 Å². The van der Waals surface area contributed by atoms with Crippen LogP contribution < -0.4 is 11.1 Å². The number of rotatable bonds is 5. The van der Waals surface area contributed by atoms with E-state index in [0.29, 0.717) is 0 Å². The molecule has 0 saturated heterocycles. The van der Waals surface area contributed by atoms with Crippen molar-refractivity contribution in [2.24, 2.45) is 0 Å². The number of amides is 1. The van der Waals surface area contributed by atoms with Crippen molar-refractivity contribution in [3.8, 4) is 0 Å². The Bertz CT molecular complexity index is 500. The number of hydrogen-bond donors (Lipinski definition) is 2. The summed E-state index contributed by atoms with van der Waals surface area (Å²) in [6.45, 7) is 3.89. The van der Waals surface area contributed by atoms with Crippen molar-refractivity contribution in [1.29, 1.82) is 0 Å². The highest BCUT2D eigenvalue weighted by Gasteiger charge is 2.20. The quantitative estimate of drug-likeness (QED) is 0.475. The molecule has 3 N–H and O–H groups in total. The molecule has 0 radical (unpaired) electrons. The van der Waals surface area contributed by atoms with Gasteiger partial charge in [-0.1, -0.05) is 0 Å². The molecule has 0 fully saturated rings. The van der Waals surface area contributed by atoms with E-state index >= 15 is 0 Å². The Morgan fingerprint density at radius 1 is 1.53 bits per heavy atom. The number of nitrogens with zero attached hydrogens (tertiary/aromatic N) is 1. The van der Waals surface area contributed by atoms with Gasteiger partial charge in [0.2, 0.25) is 0 Å². The summed E-state index contributed by atoms with van der Waals surface area (Å²) in [5.74, 6) is -0.466. The van der Waals surface area contributed by atoms with Gasteiger partial charge in [-0.25, -0.2) is 0 Å². The topological polar surface area (TPSA) is 107 Å². The van der Waals surface area contributed by atoms with E-state index in [-0.39, 0.29) is 23.5 Å². The molecule has 0 saturated carbocycles. The van der Waals surface area contributed by atoms with Gasteiger partial charge in [0, 0.05) is 31.5 Å². The van der Waals surface area contributed by atoms with E-state index in [9.17, 15) is 14.9 Å². The summed E-state index contributed by atoms with van der Waals surface area (Å²) in [6, 6.07) is 3.75. The largest absolute Gasteiger partial charge is 0.398 e. The van der Waals surface area contributed by atoms with Crippen LogP contribution >= 0.6 is 0 Å². The molecule has 0 heterocycles. The Kier molecular flexibility index (Phi) is 4.44. The number of anilines is 1. The minimum atomic E-state index is -0.574. The highest BCUT2D eigenvalue weighted by atomic mass is 16.6. The van der Waals surface area contributed by atoms with E-state index in [1.807, 2.05) is 13.8 Å². The lowest BCUT2D eigenvalue weighted by atomic mass is 10.1. The normalized spacial score (nSPS) is 11.1. The first-order valence-electron chi connectivity index (χ1n) is 5.64. The number of carbonyl (C=O) groups excluding carboxylic acids is 1. The molecule has 0 atom stereocenters. The first kappa shape index (κ1) is 14.9. The summed E-state index contributed by atoms with van der Waals surface area (Å²) < 4.78 is 5.16. The van der Waals surface area contributed by atoms with Crippen LogP contribution in [0.4, 0.5) is 11.4 Å². The number of non-ortho nitro benzene ring substituents is 1. The van der Waals surface area contributed by atoms with E-state index in [1.54, 1.807) is 0 Å². The lowest BCUT2D eigenvalue weighted by Gasteiger charge is -2.23. The molecule has 0 spiro atoms. The van der Waals surface area contributed by atoms with Crippen LogP contribution in [0.2, 0.25) is 0 Å². The first-order valence-corrected chi connectivity index (χ1v) is 5.64. The molecule has 7 heteroatoms. The Labute approximate surface area is 110 Å². The van der Waals surface area contributed by atoms with Crippen molar-refractivity contribution in [3.05, 3.63) is 33.9 Å². The number of benzene rings is 1. The summed E-state index contributed by atoms with van der Waals surface area (Å²) in [7, 11) is 1.54. The monoisotopic (exact) mass is 267 g/mol. The van der Waals surface area contributed by atoms with Crippen molar-refractivity contribution in [2.45, 2.75) is 19.4 Å². The number of ether oxygens (including phenoxy) is 1. The second-order valence-electron chi connectivity index (χ2n) is 4.68. The molecular weight excluding hydrogens is 250 g/mol. The summed E-state index contributed by atoms with van der Waals surface area (Å²) >= 11 is 0. The maximum absolute atomic E-state index is 11.9. The molecule has 0 bridgehead atoms. The second-order valence-corrected chi connectivity index (χ2v) is 4.68. The number of hydrogen-bond acceptors (Lipinski definition) is 5. The Hall–Kier alpha value is -2.15. The molecule has 19 heavy (non-hydrogen) atoms. The molecule has 0 aliphatic carbocycles. The van der Waals surface area contributed by atoms with Crippen LogP contribution in [0.25, 0.3) is 0 Å². The molecule has 7 nitrogen and oxygen atoms in total. The van der Waals surface area contributed by atoms with Crippen LogP contribution in [-0.4, -0.2) is 30.1 Å². The molecule has 0 aliphatic rings. The highest BCUT2D eigenvalue weighted by molar-refractivity contribution is 5.99. The van der Waals surface area contributed by atoms with E-state index < -0.39 is 16.4 Å². The number of nitrogens with two attached hydrogens (primary N) is 1. The van der Waals surface area contributed by atoms with E-state index in [2.05, 4.69) is 5.32 Å². The standard InChI is InChI=1S/C12H17N3O4/c1-12(2,19-3)7-14-11(16)9-6-8(15(17)18)4-5-10(9)13/h4-6H,7,13H2,1-3H3,(H,14,16). The third-order valence-corrected chi connectivity index (χ3v) is 2.72. The average molecular weight is 267 g/mol. The summed E-state index contributed by atoms with van der Waals surface area (Å²) in [5, 5.41) is 13.3. The maximum atomic E-state index is 11.9. The van der Waals surface area contributed by atoms with Gasteiger partial charge in [-0.2, -0.15) is 0 Å². The van der Waals surface area contributed by atoms with Crippen LogP contribution in [0, 0.1) is 10.1 Å². The van der Waals surface area contributed by atoms with Gasteiger partial charge in [-0.05, 0) is 19.9 Å². The minimum Gasteiger partial charge on any atom is -0.398 e. The van der Waals surface area contributed by atoms with Gasteiger partial charge in [0.1, 0.15) is 0 Å². The summed E-state index contributed by atoms with van der Waals surface area (Å²) in [6.07, 6.45) is 0. The SMILES string of the molecule is COC(C)(C)CNC(=O)c1cc([N+](=O)[O-])ccc1N. The van der Waals surface area contributed by atoms with Crippen molar-refractivity contribution in [3.63, 3.8) is 0 Å². The number of nitro groups is 1. The number of nitrogen functional groups attached to an aromatic ring is 1. The fraction of sp³-hybridized carbons (Fsp3) is 0.417. The zero-order valence-electron chi connectivity index (χ0n) is 11.1. The van der Waals surface area contributed by atoms with Gasteiger partial charge in [-0.3, -0.25) is 14.9 Å². The molecule has 0 aliphatic heterocycles. The molecule has 1 rings (SSSR count). The number of nitro benzene ring substituents is 1. The third kappa shape index (κ3) is 3.92. The number of nitrogens with one attached hydrogen (secondary N) is 1. The zero-order valence-corrected chi connectivity index (χ0v) is 11.1. The van der Waals surface area contributed by atoms with Crippen LogP contribution in [0.3, 0.4) is 0 Å². The van der Waals surface area contributed by atoms with Gasteiger partial charge in [0.15, 0.2) is 0 Å². The van der Waals surface area contributed by atoms with Gasteiger partial charge < -0.3 is 15.8 Å². The fourth-order valence-electron chi connectivity index (χ4n) is 1.32. The molecule has 0 aromatic heterocycles. The lowest BCUT2D eigenvalue weighted by Crippen LogP contribution is -2.39. The van der Waals surface area contributed by atoms with E-state index in [4.69, 9.17) is 10.5 Å². The molecule has 0 unspecified atom stereocenters. The van der Waals surface area contributed by atoms with Crippen LogP contribution in [0.15, 0.2) is 18.2 Å². The maximum Gasteiger partial charge on any atom is 0.270 e. The molecule has 1 aromatic rings. The zero-order chi connectivity index (χ0) is 14.6. The van der Waals surface area contributed by atoms with Crippen molar-refractivity contribution < 1.29 is 14.5 Å². The Morgan fingerprint density at radius 3 is 2.68 bits per heavy atom. The van der Waals surface area contributed by atoms with Crippen LogP contribution in [0.1, 0.15) is 24.2 Å². The lowest BCUT2D eigenvalue weighted by molar-refractivity contribution is -0.384. The highest BCUT2D eigenvalue weighted by Crippen LogP contribution is 2.19. The van der Waals surface area contributed by atoms with Crippen LogP contribution in [-0.2, 0) is 4.74 Å². The molecule has 1 aromatic carbocycles. The third-order valence-electron chi connectivity index (χ3n) is 2.72. The molecule has 1 amide bonds. The Morgan fingerprint density at radius 2 is 2.16 bits per heavy atom. The molecular formula is C12H17N3O4. The Balaban J connectivity index is 2.88. The first-order chi connectivity index (χ1) is 8.76. The van der Waals surface area contributed by atoms with Gasteiger partial charge in [-0.15, -0.1) is 0 Å². The smallest absolute Gasteiger partial charge is 0.270 e. The summed E-state index contributed by atoms with van der Waals surface area (Å²) in [5.41, 5.74) is 5.23. The predicted molar refractivity (Wildman–Crippen MR) is 70.9 cm³/mol. The van der Waals surface area contributed by atoms with Crippen LogP contribution in [0.5, 0.6) is 0 Å². The predicted octanol–water partition coefficient (Wildman–Crippen LogP) is 1.33. The van der Waals surface area contributed by atoms with Crippen molar-refractivity contribution in [1.82, 2.24) is 5.32 Å². The van der Waals surface area contributed by atoms with E-state index in [0.717, 1.165) is 6.07 Å². The number of methoxy groups -OCH3 is 1. The van der Waals surface area contributed by atoms with Gasteiger partial charge in [0.05, 0.1) is 16.1 Å². The van der Waals surface area contributed by atoms with E-state index in [1.165, 1.54) is 19.2 Å².